The van der Waals surface area contributed by atoms with E-state index in [0.29, 0.717) is 29.5 Å². The summed E-state index contributed by atoms with van der Waals surface area (Å²) in [5.41, 5.74) is -1.76. The zero-order chi connectivity index (χ0) is 28.5. The Hall–Kier alpha value is -4.10. The number of thioether (sulfide) groups is 1. The first-order chi connectivity index (χ1) is 18.4. The molecule has 0 N–H and O–H groups in total. The minimum absolute atomic E-state index is 0.0109. The first kappa shape index (κ1) is 27.9. The number of hydrogen-bond donors (Lipinski definition) is 0. The third kappa shape index (κ3) is 5.99. The Bertz CT molecular complexity index is 1510. The molecule has 1 fully saturated rings. The van der Waals surface area contributed by atoms with Crippen LogP contribution < -0.4 is 9.47 Å². The van der Waals surface area contributed by atoms with Crippen LogP contribution in [0.15, 0.2) is 59.5 Å². The van der Waals surface area contributed by atoms with Crippen LogP contribution in [0.1, 0.15) is 16.7 Å². The van der Waals surface area contributed by atoms with Crippen LogP contribution in [0, 0.1) is 15.9 Å². The molecule has 1 aliphatic heterocycles. The molecule has 0 spiro atoms. The largest absolute Gasteiger partial charge is 0.493 e. The summed E-state index contributed by atoms with van der Waals surface area (Å²) in [6.07, 6.45) is -3.41. The third-order valence-electron chi connectivity index (χ3n) is 5.44. The highest BCUT2D eigenvalue weighted by Crippen LogP contribution is 2.41. The minimum atomic E-state index is -4.79. The first-order valence-corrected chi connectivity index (χ1v) is 12.0. The second kappa shape index (κ2) is 10.9. The van der Waals surface area contributed by atoms with Gasteiger partial charge in [-0.3, -0.25) is 24.6 Å². The molecule has 0 aliphatic carbocycles. The molecule has 14 heteroatoms. The van der Waals surface area contributed by atoms with Gasteiger partial charge in [0.25, 0.3) is 11.1 Å². The van der Waals surface area contributed by atoms with Crippen molar-refractivity contribution in [3.63, 3.8) is 0 Å². The van der Waals surface area contributed by atoms with E-state index in [-0.39, 0.29) is 33.5 Å². The molecule has 0 aromatic heterocycles. The van der Waals surface area contributed by atoms with Gasteiger partial charge in [-0.15, -0.1) is 0 Å². The van der Waals surface area contributed by atoms with E-state index in [9.17, 15) is 37.3 Å². The van der Waals surface area contributed by atoms with Gasteiger partial charge in [0, 0.05) is 16.7 Å². The average molecular weight is 583 g/mol. The fourth-order valence-corrected chi connectivity index (χ4v) is 4.59. The van der Waals surface area contributed by atoms with Crippen molar-refractivity contribution in [2.75, 3.05) is 7.11 Å². The first-order valence-electron chi connectivity index (χ1n) is 10.8. The number of imide groups is 1. The van der Waals surface area contributed by atoms with Crippen LogP contribution in [0.2, 0.25) is 5.02 Å². The van der Waals surface area contributed by atoms with Crippen LogP contribution in [0.25, 0.3) is 6.08 Å². The molecule has 3 aromatic carbocycles. The summed E-state index contributed by atoms with van der Waals surface area (Å²) in [7, 11) is 1.26. The lowest BCUT2D eigenvalue weighted by molar-refractivity contribution is -0.385. The second-order valence-electron chi connectivity index (χ2n) is 7.92. The van der Waals surface area contributed by atoms with E-state index in [1.54, 1.807) is 0 Å². The number of benzene rings is 3. The van der Waals surface area contributed by atoms with E-state index < -0.39 is 45.1 Å². The molecule has 0 bridgehead atoms. The van der Waals surface area contributed by atoms with Crippen molar-refractivity contribution in [1.29, 1.82) is 0 Å². The molecule has 4 rings (SSSR count). The predicted molar refractivity (Wildman–Crippen MR) is 134 cm³/mol. The molecule has 202 valence electrons. The summed E-state index contributed by atoms with van der Waals surface area (Å²) in [5, 5.41) is 10.8. The van der Waals surface area contributed by atoms with Gasteiger partial charge in [0.1, 0.15) is 5.82 Å². The smallest absolute Gasteiger partial charge is 0.416 e. The molecule has 0 radical (unpaired) electrons. The minimum Gasteiger partial charge on any atom is -0.493 e. The van der Waals surface area contributed by atoms with Crippen LogP contribution in [0.3, 0.4) is 0 Å². The van der Waals surface area contributed by atoms with Gasteiger partial charge < -0.3 is 9.47 Å². The van der Waals surface area contributed by atoms with E-state index in [4.69, 9.17) is 21.1 Å². The van der Waals surface area contributed by atoms with Gasteiger partial charge in [-0.2, -0.15) is 13.2 Å². The van der Waals surface area contributed by atoms with Gasteiger partial charge in [-0.25, -0.2) is 4.39 Å². The number of rotatable bonds is 7. The maximum absolute atomic E-state index is 14.2. The van der Waals surface area contributed by atoms with Crippen molar-refractivity contribution in [3.05, 3.63) is 97.1 Å². The maximum Gasteiger partial charge on any atom is 0.416 e. The number of hydrogen-bond acceptors (Lipinski definition) is 7. The molecule has 0 atom stereocenters. The quantitative estimate of drug-likeness (QED) is 0.123. The monoisotopic (exact) mass is 582 g/mol. The summed E-state index contributed by atoms with van der Waals surface area (Å²) in [6.45, 7) is -0.366. The van der Waals surface area contributed by atoms with Crippen molar-refractivity contribution < 1.29 is 41.5 Å². The van der Waals surface area contributed by atoms with E-state index in [1.807, 2.05) is 0 Å². The maximum atomic E-state index is 14.2. The van der Waals surface area contributed by atoms with Crippen LogP contribution in [0.4, 0.5) is 28.0 Å². The van der Waals surface area contributed by atoms with Gasteiger partial charge in [0.2, 0.25) is 5.75 Å². The molecule has 3 aromatic rings. The lowest BCUT2D eigenvalue weighted by Gasteiger charge is -2.14. The van der Waals surface area contributed by atoms with Crippen LogP contribution in [0.5, 0.6) is 17.2 Å². The zero-order valence-corrected chi connectivity index (χ0v) is 21.2. The molecule has 1 saturated heterocycles. The Morgan fingerprint density at radius 1 is 1.08 bits per heavy atom. The summed E-state index contributed by atoms with van der Waals surface area (Å²) in [4.78, 5) is 36.5. The molecule has 1 heterocycles. The van der Waals surface area contributed by atoms with Gasteiger partial charge in [0.15, 0.2) is 11.5 Å². The molecule has 0 saturated carbocycles. The Labute approximate surface area is 226 Å². The molecular weight excluding hydrogens is 568 g/mol. The number of alkyl halides is 3. The molecule has 0 unspecified atom stereocenters. The van der Waals surface area contributed by atoms with Crippen LogP contribution >= 0.6 is 23.4 Å². The number of halogens is 5. The number of nitrogens with zero attached hydrogens (tertiary/aromatic N) is 2. The number of methoxy groups -OCH3 is 1. The Balaban J connectivity index is 1.59. The number of nitro benzene ring substituents is 1. The fraction of sp³-hybridized carbons (Fsp3) is 0.120. The lowest BCUT2D eigenvalue weighted by atomic mass is 10.1. The van der Waals surface area contributed by atoms with Crippen LogP contribution in [-0.4, -0.2) is 28.1 Å². The molecule has 39 heavy (non-hydrogen) atoms. The third-order valence-corrected chi connectivity index (χ3v) is 6.70. The number of carbonyl (C=O) groups is 2. The van der Waals surface area contributed by atoms with Gasteiger partial charge in [0.05, 0.1) is 29.0 Å². The molecular formula is C25H15ClF4N2O6S. The Kier molecular flexibility index (Phi) is 7.84. The fourth-order valence-electron chi connectivity index (χ4n) is 3.53. The van der Waals surface area contributed by atoms with E-state index >= 15 is 0 Å². The summed E-state index contributed by atoms with van der Waals surface area (Å²) >= 11 is 6.64. The molecule has 8 nitrogen and oxygen atoms in total. The SMILES string of the molecule is COc1cc(C=C2SC(=O)N(Cc3c(F)cccc3Cl)C2=O)ccc1Oc1ccc(C(F)(F)F)cc1[N+](=O)[O-]. The number of carbonyl (C=O) groups excluding carboxylic acids is 2. The van der Waals surface area contributed by atoms with E-state index in [1.165, 1.54) is 43.5 Å². The Morgan fingerprint density at radius 3 is 2.44 bits per heavy atom. The molecule has 1 aliphatic rings. The van der Waals surface area contributed by atoms with E-state index in [2.05, 4.69) is 0 Å². The van der Waals surface area contributed by atoms with Crippen molar-refractivity contribution in [1.82, 2.24) is 4.90 Å². The normalized spacial score (nSPS) is 14.7. The van der Waals surface area contributed by atoms with Gasteiger partial charge >= 0.3 is 11.9 Å². The van der Waals surface area contributed by atoms with Crippen molar-refractivity contribution >= 4 is 46.3 Å². The molecule has 2 amide bonds. The lowest BCUT2D eigenvalue weighted by Crippen LogP contribution is -2.28. The van der Waals surface area contributed by atoms with Crippen molar-refractivity contribution in [2.45, 2.75) is 12.7 Å². The van der Waals surface area contributed by atoms with Crippen LogP contribution in [-0.2, 0) is 17.5 Å². The summed E-state index contributed by atoms with van der Waals surface area (Å²) in [6, 6.07) is 9.99. The van der Waals surface area contributed by atoms with Gasteiger partial charge in [-0.05, 0) is 59.8 Å². The second-order valence-corrected chi connectivity index (χ2v) is 9.32. The van der Waals surface area contributed by atoms with Gasteiger partial charge in [-0.1, -0.05) is 23.7 Å². The number of amides is 2. The number of ether oxygens (including phenoxy) is 2. The highest BCUT2D eigenvalue weighted by molar-refractivity contribution is 8.18. The topological polar surface area (TPSA) is 99.0 Å². The van der Waals surface area contributed by atoms with Crippen molar-refractivity contribution in [3.8, 4) is 17.2 Å². The Morgan fingerprint density at radius 2 is 1.79 bits per heavy atom. The average Bonchev–Trinajstić information content (AvgIpc) is 3.13. The summed E-state index contributed by atoms with van der Waals surface area (Å²) in [5.74, 6) is -1.81. The summed E-state index contributed by atoms with van der Waals surface area (Å²) < 4.78 is 63.8. The highest BCUT2D eigenvalue weighted by Gasteiger charge is 2.36. The predicted octanol–water partition coefficient (Wildman–Crippen LogP) is 7.44. The van der Waals surface area contributed by atoms with Crippen molar-refractivity contribution in [2.24, 2.45) is 0 Å². The highest BCUT2D eigenvalue weighted by atomic mass is 35.5. The standard InChI is InChI=1S/C25H15ClF4N2O6S/c1-37-21-9-13(5-7-20(21)38-19-8-6-14(25(28,29)30)11-18(19)32(35)36)10-22-23(33)31(24(34)39-22)12-15-16(26)3-2-4-17(15)27/h2-11H,12H2,1H3. The number of nitro groups is 1. The van der Waals surface area contributed by atoms with E-state index in [0.717, 1.165) is 17.0 Å². The zero-order valence-electron chi connectivity index (χ0n) is 19.6.